The number of aryl methyl sites for hydroxylation is 2. The van der Waals surface area contributed by atoms with Gasteiger partial charge in [0, 0.05) is 17.1 Å². The Labute approximate surface area is 260 Å². The summed E-state index contributed by atoms with van der Waals surface area (Å²) in [4.78, 5) is 15.4. The summed E-state index contributed by atoms with van der Waals surface area (Å²) < 4.78 is 5.79. The third kappa shape index (κ3) is 6.14. The molecule has 0 atom stereocenters. The van der Waals surface area contributed by atoms with Crippen molar-refractivity contribution in [1.82, 2.24) is 0 Å². The minimum atomic E-state index is -0.381. The maximum atomic E-state index is 13.2. The van der Waals surface area contributed by atoms with Crippen molar-refractivity contribution in [2.45, 2.75) is 40.0 Å². The van der Waals surface area contributed by atoms with Gasteiger partial charge >= 0.3 is 5.97 Å². The van der Waals surface area contributed by atoms with Crippen LogP contribution in [-0.4, -0.2) is 5.97 Å². The van der Waals surface area contributed by atoms with Crippen molar-refractivity contribution >= 4 is 33.8 Å². The van der Waals surface area contributed by atoms with Crippen LogP contribution in [0.1, 0.15) is 53.7 Å². The zero-order valence-corrected chi connectivity index (χ0v) is 25.7. The summed E-state index contributed by atoms with van der Waals surface area (Å²) in [6.45, 7) is 8.70. The Morgan fingerprint density at radius 3 is 2.09 bits per heavy atom. The molecule has 0 saturated carbocycles. The monoisotopic (exact) mass is 575 g/mol. The first-order valence-corrected chi connectivity index (χ1v) is 15.3. The van der Waals surface area contributed by atoms with Gasteiger partial charge < -0.3 is 9.64 Å². The molecule has 0 bridgehead atoms. The first-order chi connectivity index (χ1) is 21.4. The van der Waals surface area contributed by atoms with Crippen LogP contribution in [0, 0.1) is 6.92 Å². The molecule has 0 aliphatic heterocycles. The van der Waals surface area contributed by atoms with Crippen molar-refractivity contribution in [3.63, 3.8) is 0 Å². The van der Waals surface area contributed by atoms with E-state index in [1.807, 2.05) is 48.5 Å². The molecule has 0 radical (unpaired) electrons. The van der Waals surface area contributed by atoms with Crippen LogP contribution in [0.3, 0.4) is 0 Å². The number of hydrogen-bond donors (Lipinski definition) is 0. The summed E-state index contributed by atoms with van der Waals surface area (Å²) in [7, 11) is 0. The molecule has 0 unspecified atom stereocenters. The first kappa shape index (κ1) is 28.9. The van der Waals surface area contributed by atoms with Crippen LogP contribution in [0.2, 0.25) is 0 Å². The van der Waals surface area contributed by atoms with E-state index in [0.29, 0.717) is 17.2 Å². The Balaban J connectivity index is 1.24. The summed E-state index contributed by atoms with van der Waals surface area (Å²) in [6.07, 6.45) is 0.961. The number of carbonyl (C=O) groups excluding carboxylic acids is 1. The Morgan fingerprint density at radius 2 is 1.39 bits per heavy atom. The number of carbonyl (C=O) groups is 1. The van der Waals surface area contributed by atoms with Crippen LogP contribution in [0.25, 0.3) is 21.9 Å². The third-order valence-electron chi connectivity index (χ3n) is 8.17. The van der Waals surface area contributed by atoms with Crippen LogP contribution < -0.4 is 9.64 Å². The lowest BCUT2D eigenvalue weighted by Gasteiger charge is -2.26. The minimum Gasteiger partial charge on any atom is -0.423 e. The number of benzene rings is 6. The molecule has 3 nitrogen and oxygen atoms in total. The van der Waals surface area contributed by atoms with E-state index in [2.05, 4.69) is 118 Å². The summed E-state index contributed by atoms with van der Waals surface area (Å²) in [6, 6.07) is 45.5. The normalized spacial score (nSPS) is 11.1. The van der Waals surface area contributed by atoms with Gasteiger partial charge in [-0.25, -0.2) is 4.79 Å². The lowest BCUT2D eigenvalue weighted by atomic mass is 9.92. The number of esters is 1. The van der Waals surface area contributed by atoms with Crippen LogP contribution in [-0.2, 0) is 6.42 Å². The van der Waals surface area contributed by atoms with Gasteiger partial charge in [-0.2, -0.15) is 0 Å². The predicted molar refractivity (Wildman–Crippen MR) is 184 cm³/mol. The van der Waals surface area contributed by atoms with Gasteiger partial charge in [0.1, 0.15) is 5.75 Å². The molecule has 0 N–H and O–H groups in total. The molecule has 0 amide bonds. The highest BCUT2D eigenvalue weighted by Crippen LogP contribution is 2.37. The van der Waals surface area contributed by atoms with E-state index in [4.69, 9.17) is 4.74 Å². The van der Waals surface area contributed by atoms with Crippen molar-refractivity contribution in [1.29, 1.82) is 0 Å². The van der Waals surface area contributed by atoms with Crippen molar-refractivity contribution in [3.05, 3.63) is 156 Å². The average molecular weight is 576 g/mol. The highest BCUT2D eigenvalue weighted by molar-refractivity contribution is 5.93. The van der Waals surface area contributed by atoms with Crippen molar-refractivity contribution in [3.8, 4) is 16.9 Å². The second-order valence-electron chi connectivity index (χ2n) is 11.6. The number of rotatable bonds is 8. The summed E-state index contributed by atoms with van der Waals surface area (Å²) in [5, 5.41) is 2.37. The van der Waals surface area contributed by atoms with Crippen molar-refractivity contribution < 1.29 is 9.53 Å². The maximum Gasteiger partial charge on any atom is 0.343 e. The predicted octanol–water partition coefficient (Wildman–Crippen LogP) is 11.2. The van der Waals surface area contributed by atoms with E-state index in [1.165, 1.54) is 33.0 Å². The van der Waals surface area contributed by atoms with Crippen LogP contribution in [0.15, 0.2) is 133 Å². The topological polar surface area (TPSA) is 29.5 Å². The quantitative estimate of drug-likeness (QED) is 0.134. The molecule has 6 aromatic carbocycles. The molecule has 6 rings (SSSR count). The maximum absolute atomic E-state index is 13.2. The number of ether oxygens (including phenoxy) is 1. The smallest absolute Gasteiger partial charge is 0.343 e. The molecule has 0 aliphatic rings. The number of hydrogen-bond acceptors (Lipinski definition) is 3. The lowest BCUT2D eigenvalue weighted by Crippen LogP contribution is -2.12. The second kappa shape index (κ2) is 12.6. The SMILES string of the molecule is CCc1ccc(C(C)C)cc1-c1ccc(OC(=O)c2ccc(N(c3cccc(C)c3)c3ccc4ccccc4c3)cc2)cc1. The molecule has 6 aromatic rings. The number of nitrogens with zero attached hydrogens (tertiary/aromatic N) is 1. The fourth-order valence-electron chi connectivity index (χ4n) is 5.68. The van der Waals surface area contributed by atoms with Gasteiger partial charge in [-0.05, 0) is 119 Å². The fraction of sp³-hybridized carbons (Fsp3) is 0.146. The first-order valence-electron chi connectivity index (χ1n) is 15.3. The molecule has 0 saturated heterocycles. The van der Waals surface area contributed by atoms with E-state index in [9.17, 15) is 4.79 Å². The largest absolute Gasteiger partial charge is 0.423 e. The summed E-state index contributed by atoms with van der Waals surface area (Å²) >= 11 is 0. The zero-order valence-electron chi connectivity index (χ0n) is 25.7. The van der Waals surface area contributed by atoms with Crippen LogP contribution >= 0.6 is 0 Å². The Morgan fingerprint density at radius 1 is 0.682 bits per heavy atom. The highest BCUT2D eigenvalue weighted by Gasteiger charge is 2.16. The van der Waals surface area contributed by atoms with Gasteiger partial charge in [0.15, 0.2) is 0 Å². The molecule has 44 heavy (non-hydrogen) atoms. The molecule has 218 valence electrons. The molecule has 0 aromatic heterocycles. The van der Waals surface area contributed by atoms with E-state index in [0.717, 1.165) is 29.0 Å². The summed E-state index contributed by atoms with van der Waals surface area (Å²) in [5.74, 6) is 0.606. The molecule has 0 fully saturated rings. The Hall–Kier alpha value is -5.15. The van der Waals surface area contributed by atoms with Crippen LogP contribution in [0.4, 0.5) is 17.1 Å². The molecule has 3 heteroatoms. The van der Waals surface area contributed by atoms with Gasteiger partial charge in [-0.1, -0.05) is 93.6 Å². The highest BCUT2D eigenvalue weighted by atomic mass is 16.5. The number of anilines is 3. The third-order valence-corrected chi connectivity index (χ3v) is 8.17. The molecule has 0 heterocycles. The van der Waals surface area contributed by atoms with Gasteiger partial charge in [-0.15, -0.1) is 0 Å². The van der Waals surface area contributed by atoms with E-state index in [-0.39, 0.29) is 5.97 Å². The van der Waals surface area contributed by atoms with Gasteiger partial charge in [0.25, 0.3) is 0 Å². The fourth-order valence-corrected chi connectivity index (χ4v) is 5.68. The zero-order chi connectivity index (χ0) is 30.6. The van der Waals surface area contributed by atoms with Crippen molar-refractivity contribution in [2.24, 2.45) is 0 Å². The second-order valence-corrected chi connectivity index (χ2v) is 11.6. The van der Waals surface area contributed by atoms with E-state index in [1.54, 1.807) is 0 Å². The Bertz CT molecular complexity index is 1920. The molecular weight excluding hydrogens is 538 g/mol. The minimum absolute atomic E-state index is 0.381. The van der Waals surface area contributed by atoms with Crippen LogP contribution in [0.5, 0.6) is 5.75 Å². The van der Waals surface area contributed by atoms with Gasteiger partial charge in [0.05, 0.1) is 5.56 Å². The van der Waals surface area contributed by atoms with Gasteiger partial charge in [-0.3, -0.25) is 0 Å². The molecule has 0 spiro atoms. The van der Waals surface area contributed by atoms with E-state index >= 15 is 0 Å². The Kier molecular flexibility index (Phi) is 8.29. The number of fused-ring (bicyclic) bond motifs is 1. The van der Waals surface area contributed by atoms with Crippen molar-refractivity contribution in [2.75, 3.05) is 4.90 Å². The van der Waals surface area contributed by atoms with E-state index < -0.39 is 0 Å². The summed E-state index contributed by atoms with van der Waals surface area (Å²) in [5.41, 5.74) is 9.73. The molecule has 0 aliphatic carbocycles. The average Bonchev–Trinajstić information content (AvgIpc) is 3.05. The standard InChI is InChI=1S/C41H37NO2/c1-5-30-13-14-34(28(2)3)27-40(30)32-18-23-39(24-19-32)44-41(43)33-16-20-36(21-17-33)42(37-12-8-9-29(4)25-37)38-22-15-31-10-6-7-11-35(31)26-38/h6-28H,5H2,1-4H3. The lowest BCUT2D eigenvalue weighted by molar-refractivity contribution is 0.0735. The molecular formula is C41H37NO2. The van der Waals surface area contributed by atoms with Gasteiger partial charge in [0.2, 0.25) is 0 Å².